The van der Waals surface area contributed by atoms with Crippen LogP contribution in [0.3, 0.4) is 0 Å². The Morgan fingerprint density at radius 3 is 2.50 bits per heavy atom. The highest BCUT2D eigenvalue weighted by molar-refractivity contribution is 6.07. The van der Waals surface area contributed by atoms with Gasteiger partial charge in [-0.05, 0) is 18.2 Å². The van der Waals surface area contributed by atoms with Crippen LogP contribution in [-0.2, 0) is 0 Å². The first-order valence-electron chi connectivity index (χ1n) is 4.68. The Morgan fingerprint density at radius 1 is 1.12 bits per heavy atom. The molecule has 2 rings (SSSR count). The van der Waals surface area contributed by atoms with Crippen LogP contribution in [0.4, 0.5) is 11.4 Å². The van der Waals surface area contributed by atoms with Gasteiger partial charge in [-0.25, -0.2) is 0 Å². The molecule has 80 valence electrons. The molecule has 0 aliphatic carbocycles. The normalized spacial score (nSPS) is 9.75. The fourth-order valence-electron chi connectivity index (χ4n) is 1.25. The zero-order chi connectivity index (χ0) is 11.4. The van der Waals surface area contributed by atoms with E-state index in [0.717, 1.165) is 0 Å². The van der Waals surface area contributed by atoms with Crippen LogP contribution in [0.25, 0.3) is 0 Å². The lowest BCUT2D eigenvalue weighted by molar-refractivity contribution is 0.102. The summed E-state index contributed by atoms with van der Waals surface area (Å²) in [6, 6.07) is 4.98. The van der Waals surface area contributed by atoms with Gasteiger partial charge in [-0.2, -0.15) is 0 Å². The lowest BCUT2D eigenvalue weighted by atomic mass is 10.2. The number of hydrogen-bond acceptors (Lipinski definition) is 4. The molecule has 0 radical (unpaired) electrons. The van der Waals surface area contributed by atoms with E-state index in [2.05, 4.69) is 15.3 Å². The van der Waals surface area contributed by atoms with Crippen LogP contribution < -0.4 is 11.1 Å². The molecule has 1 amide bonds. The van der Waals surface area contributed by atoms with Crippen molar-refractivity contribution < 1.29 is 4.79 Å². The molecule has 0 aliphatic heterocycles. The van der Waals surface area contributed by atoms with Crippen molar-refractivity contribution in [2.24, 2.45) is 0 Å². The quantitative estimate of drug-likeness (QED) is 0.789. The molecule has 0 aromatic carbocycles. The molecule has 16 heavy (non-hydrogen) atoms. The Balaban J connectivity index is 2.19. The number of anilines is 2. The maximum atomic E-state index is 11.8. The summed E-state index contributed by atoms with van der Waals surface area (Å²) >= 11 is 0. The lowest BCUT2D eigenvalue weighted by Gasteiger charge is -2.06. The molecule has 0 aliphatic rings. The number of aromatic nitrogens is 2. The molecular formula is C11H10N4O. The maximum Gasteiger partial charge on any atom is 0.257 e. The smallest absolute Gasteiger partial charge is 0.257 e. The van der Waals surface area contributed by atoms with Gasteiger partial charge in [-0.15, -0.1) is 0 Å². The van der Waals surface area contributed by atoms with Crippen molar-refractivity contribution >= 4 is 17.3 Å². The standard InChI is InChI=1S/C11H10N4O/c12-10-7-14-6-3-9(10)11(16)15-8-1-4-13-5-2-8/h1-7H,12H2,(H,13,15,16). The summed E-state index contributed by atoms with van der Waals surface area (Å²) in [4.78, 5) is 19.5. The summed E-state index contributed by atoms with van der Waals surface area (Å²) in [5.41, 5.74) is 7.08. The number of hydrogen-bond donors (Lipinski definition) is 2. The van der Waals surface area contributed by atoms with Crippen LogP contribution in [0.15, 0.2) is 43.0 Å². The molecule has 2 aromatic rings. The molecule has 0 spiro atoms. The molecule has 0 bridgehead atoms. The molecule has 0 atom stereocenters. The molecule has 0 saturated carbocycles. The van der Waals surface area contributed by atoms with Crippen molar-refractivity contribution in [3.63, 3.8) is 0 Å². The summed E-state index contributed by atoms with van der Waals surface area (Å²) in [6.45, 7) is 0. The SMILES string of the molecule is Nc1cnccc1C(=O)Nc1ccncc1. The Labute approximate surface area is 92.3 Å². The molecule has 2 aromatic heterocycles. The highest BCUT2D eigenvalue weighted by Crippen LogP contribution is 2.12. The Morgan fingerprint density at radius 2 is 1.81 bits per heavy atom. The predicted molar refractivity (Wildman–Crippen MR) is 60.8 cm³/mol. The number of carbonyl (C=O) groups is 1. The van der Waals surface area contributed by atoms with Gasteiger partial charge in [0, 0.05) is 24.3 Å². The molecule has 0 saturated heterocycles. The van der Waals surface area contributed by atoms with E-state index >= 15 is 0 Å². The van der Waals surface area contributed by atoms with Gasteiger partial charge in [0.2, 0.25) is 0 Å². The van der Waals surface area contributed by atoms with Gasteiger partial charge in [0.25, 0.3) is 5.91 Å². The van der Waals surface area contributed by atoms with Gasteiger partial charge in [0.05, 0.1) is 17.4 Å². The van der Waals surface area contributed by atoms with Crippen LogP contribution in [-0.4, -0.2) is 15.9 Å². The fourth-order valence-corrected chi connectivity index (χ4v) is 1.25. The maximum absolute atomic E-state index is 11.8. The first-order valence-corrected chi connectivity index (χ1v) is 4.68. The number of nitrogens with two attached hydrogens (primary N) is 1. The van der Waals surface area contributed by atoms with Crippen LogP contribution in [0, 0.1) is 0 Å². The fraction of sp³-hybridized carbons (Fsp3) is 0. The van der Waals surface area contributed by atoms with Crippen molar-refractivity contribution in [3.05, 3.63) is 48.5 Å². The molecule has 5 heteroatoms. The third kappa shape index (κ3) is 2.14. The molecular weight excluding hydrogens is 204 g/mol. The summed E-state index contributed by atoms with van der Waals surface area (Å²) in [5.74, 6) is -0.258. The Hall–Kier alpha value is -2.43. The topological polar surface area (TPSA) is 80.9 Å². The van der Waals surface area contributed by atoms with E-state index in [9.17, 15) is 4.79 Å². The van der Waals surface area contributed by atoms with E-state index < -0.39 is 0 Å². The van der Waals surface area contributed by atoms with E-state index in [-0.39, 0.29) is 5.91 Å². The third-order valence-electron chi connectivity index (χ3n) is 2.03. The van der Waals surface area contributed by atoms with E-state index in [0.29, 0.717) is 16.9 Å². The second-order valence-corrected chi connectivity index (χ2v) is 3.15. The van der Waals surface area contributed by atoms with E-state index in [1.54, 1.807) is 30.6 Å². The van der Waals surface area contributed by atoms with E-state index in [1.807, 2.05) is 0 Å². The Bertz CT molecular complexity index is 498. The first kappa shape index (κ1) is 10.1. The van der Waals surface area contributed by atoms with E-state index in [4.69, 9.17) is 5.73 Å². The minimum Gasteiger partial charge on any atom is -0.397 e. The van der Waals surface area contributed by atoms with E-state index in [1.165, 1.54) is 12.4 Å². The van der Waals surface area contributed by atoms with Gasteiger partial charge < -0.3 is 11.1 Å². The third-order valence-corrected chi connectivity index (χ3v) is 2.03. The molecule has 0 fully saturated rings. The van der Waals surface area contributed by atoms with Crippen molar-refractivity contribution in [2.75, 3.05) is 11.1 Å². The largest absolute Gasteiger partial charge is 0.397 e. The average molecular weight is 214 g/mol. The minimum atomic E-state index is -0.258. The first-order chi connectivity index (χ1) is 7.77. The van der Waals surface area contributed by atoms with Crippen LogP contribution >= 0.6 is 0 Å². The number of pyridine rings is 2. The average Bonchev–Trinajstić information content (AvgIpc) is 2.31. The number of nitrogen functional groups attached to an aromatic ring is 1. The zero-order valence-corrected chi connectivity index (χ0v) is 8.42. The van der Waals surface area contributed by atoms with Crippen LogP contribution in [0.2, 0.25) is 0 Å². The van der Waals surface area contributed by atoms with Crippen molar-refractivity contribution in [3.8, 4) is 0 Å². The predicted octanol–water partition coefficient (Wildman–Crippen LogP) is 1.31. The van der Waals surface area contributed by atoms with Gasteiger partial charge >= 0.3 is 0 Å². The number of amides is 1. The monoisotopic (exact) mass is 214 g/mol. The molecule has 0 unspecified atom stereocenters. The van der Waals surface area contributed by atoms with Crippen molar-refractivity contribution in [1.82, 2.24) is 9.97 Å². The van der Waals surface area contributed by atoms with Gasteiger partial charge in [-0.3, -0.25) is 14.8 Å². The lowest BCUT2D eigenvalue weighted by Crippen LogP contribution is -2.14. The van der Waals surface area contributed by atoms with Crippen LogP contribution in [0.5, 0.6) is 0 Å². The highest BCUT2D eigenvalue weighted by atomic mass is 16.1. The summed E-state index contributed by atoms with van der Waals surface area (Å²) in [7, 11) is 0. The number of nitrogens with zero attached hydrogens (tertiary/aromatic N) is 2. The summed E-state index contributed by atoms with van der Waals surface area (Å²) in [5, 5.41) is 2.71. The van der Waals surface area contributed by atoms with Crippen LogP contribution in [0.1, 0.15) is 10.4 Å². The van der Waals surface area contributed by atoms with Crippen molar-refractivity contribution in [1.29, 1.82) is 0 Å². The molecule has 2 heterocycles. The number of carbonyl (C=O) groups excluding carboxylic acids is 1. The number of rotatable bonds is 2. The molecule has 3 N–H and O–H groups in total. The Kier molecular flexibility index (Phi) is 2.77. The van der Waals surface area contributed by atoms with Gasteiger partial charge in [0.15, 0.2) is 0 Å². The second kappa shape index (κ2) is 4.39. The van der Waals surface area contributed by atoms with Gasteiger partial charge in [0.1, 0.15) is 0 Å². The number of nitrogens with one attached hydrogen (secondary N) is 1. The minimum absolute atomic E-state index is 0.258. The summed E-state index contributed by atoms with van der Waals surface area (Å²) < 4.78 is 0. The second-order valence-electron chi connectivity index (χ2n) is 3.15. The highest BCUT2D eigenvalue weighted by Gasteiger charge is 2.08. The molecule has 5 nitrogen and oxygen atoms in total. The summed E-state index contributed by atoms with van der Waals surface area (Å²) in [6.07, 6.45) is 6.18. The van der Waals surface area contributed by atoms with Gasteiger partial charge in [-0.1, -0.05) is 0 Å². The zero-order valence-electron chi connectivity index (χ0n) is 8.42. The van der Waals surface area contributed by atoms with Crippen molar-refractivity contribution in [2.45, 2.75) is 0 Å².